The molecule has 28 heavy (non-hydrogen) atoms. The van der Waals surface area contributed by atoms with Crippen molar-refractivity contribution < 1.29 is 22.3 Å². The lowest BCUT2D eigenvalue weighted by atomic mass is 10.2. The third-order valence-corrected chi connectivity index (χ3v) is 7.06. The first-order valence-electron chi connectivity index (χ1n) is 8.76. The first-order valence-corrected chi connectivity index (χ1v) is 11.4. The van der Waals surface area contributed by atoms with E-state index in [9.17, 15) is 17.6 Å². The van der Waals surface area contributed by atoms with Gasteiger partial charge in [-0.2, -0.15) is 4.31 Å². The number of hydrogen-bond acceptors (Lipinski definition) is 5. The second kappa shape index (κ2) is 9.51. The fourth-order valence-corrected chi connectivity index (χ4v) is 5.02. The summed E-state index contributed by atoms with van der Waals surface area (Å²) in [6.07, 6.45) is 0. The van der Waals surface area contributed by atoms with Crippen LogP contribution in [0.25, 0.3) is 0 Å². The molecule has 2 aromatic rings. The van der Waals surface area contributed by atoms with Gasteiger partial charge < -0.3 is 10.1 Å². The van der Waals surface area contributed by atoms with Gasteiger partial charge >= 0.3 is 0 Å². The molecule has 0 aliphatic carbocycles. The van der Waals surface area contributed by atoms with Crippen molar-refractivity contribution in [2.75, 3.05) is 37.4 Å². The van der Waals surface area contributed by atoms with Gasteiger partial charge in [0, 0.05) is 24.5 Å². The molecule has 9 heteroatoms. The molecule has 0 atom stereocenters. The molecule has 1 N–H and O–H groups in total. The van der Waals surface area contributed by atoms with Crippen LogP contribution in [-0.4, -0.2) is 50.7 Å². The normalized spacial score (nSPS) is 15.3. The van der Waals surface area contributed by atoms with Gasteiger partial charge in [-0.1, -0.05) is 30.3 Å². The van der Waals surface area contributed by atoms with Crippen LogP contribution in [0.2, 0.25) is 0 Å². The molecule has 1 aliphatic rings. The molecule has 6 nitrogen and oxygen atoms in total. The Hall–Kier alpha value is -1.94. The molecular weight excluding hydrogens is 403 g/mol. The summed E-state index contributed by atoms with van der Waals surface area (Å²) in [6, 6.07) is 13.3. The third kappa shape index (κ3) is 5.32. The van der Waals surface area contributed by atoms with E-state index in [0.717, 1.165) is 11.6 Å². The Bertz CT molecular complexity index is 917. The lowest BCUT2D eigenvalue weighted by molar-refractivity contribution is -0.113. The zero-order chi connectivity index (χ0) is 20.0. The Kier molecular flexibility index (Phi) is 7.06. The maximum Gasteiger partial charge on any atom is 0.246 e. The van der Waals surface area contributed by atoms with Crippen LogP contribution in [0.3, 0.4) is 0 Å². The van der Waals surface area contributed by atoms with Crippen molar-refractivity contribution in [1.29, 1.82) is 0 Å². The van der Waals surface area contributed by atoms with E-state index >= 15 is 0 Å². The molecule has 0 radical (unpaired) electrons. The zero-order valence-corrected chi connectivity index (χ0v) is 16.8. The van der Waals surface area contributed by atoms with Crippen LogP contribution in [0, 0.1) is 5.82 Å². The fourth-order valence-electron chi connectivity index (χ4n) is 2.74. The number of thioether (sulfide) groups is 1. The minimum absolute atomic E-state index is 0.175. The number of carbonyl (C=O) groups is 1. The van der Waals surface area contributed by atoms with Crippen molar-refractivity contribution in [3.63, 3.8) is 0 Å². The summed E-state index contributed by atoms with van der Waals surface area (Å²) in [4.78, 5) is 11.7. The minimum Gasteiger partial charge on any atom is -0.379 e. The van der Waals surface area contributed by atoms with Gasteiger partial charge in [-0.3, -0.25) is 4.79 Å². The molecule has 1 amide bonds. The highest BCUT2D eigenvalue weighted by Crippen LogP contribution is 2.24. The summed E-state index contributed by atoms with van der Waals surface area (Å²) >= 11 is 1.44. The summed E-state index contributed by atoms with van der Waals surface area (Å²) in [7, 11) is -3.98. The molecule has 150 valence electrons. The number of carbonyl (C=O) groups excluding carboxylic acids is 1. The van der Waals surface area contributed by atoms with Gasteiger partial charge in [-0.25, -0.2) is 12.8 Å². The summed E-state index contributed by atoms with van der Waals surface area (Å²) < 4.78 is 45.9. The maximum absolute atomic E-state index is 14.2. The van der Waals surface area contributed by atoms with E-state index in [4.69, 9.17) is 4.74 Å². The van der Waals surface area contributed by atoms with Gasteiger partial charge in [-0.15, -0.1) is 11.8 Å². The molecular formula is C19H21FN2O4S2. The second-order valence-corrected chi connectivity index (χ2v) is 9.08. The highest BCUT2D eigenvalue weighted by molar-refractivity contribution is 7.99. The Morgan fingerprint density at radius 2 is 1.86 bits per heavy atom. The molecule has 1 saturated heterocycles. The number of rotatable bonds is 7. The largest absolute Gasteiger partial charge is 0.379 e. The lowest BCUT2D eigenvalue weighted by Crippen LogP contribution is -2.40. The standard InChI is InChI=1S/C19H21FN2O4S2/c20-17-7-6-16(12-18(17)28(24,25)22-8-10-26-11-9-22)21-19(23)14-27-13-15-4-2-1-3-5-15/h1-7,12H,8-11,13-14H2,(H,21,23). The Labute approximate surface area is 168 Å². The summed E-state index contributed by atoms with van der Waals surface area (Å²) in [5.74, 6) is -0.225. The maximum atomic E-state index is 14.2. The Morgan fingerprint density at radius 3 is 2.57 bits per heavy atom. The van der Waals surface area contributed by atoms with E-state index in [-0.39, 0.29) is 43.7 Å². The quantitative estimate of drug-likeness (QED) is 0.740. The van der Waals surface area contributed by atoms with Crippen molar-refractivity contribution in [3.05, 3.63) is 59.9 Å². The van der Waals surface area contributed by atoms with E-state index in [1.807, 2.05) is 30.3 Å². The molecule has 0 unspecified atom stereocenters. The van der Waals surface area contributed by atoms with Gasteiger partial charge in [-0.05, 0) is 23.8 Å². The van der Waals surface area contributed by atoms with Crippen molar-refractivity contribution in [3.8, 4) is 0 Å². The fraction of sp³-hybridized carbons (Fsp3) is 0.316. The Morgan fingerprint density at radius 1 is 1.14 bits per heavy atom. The average Bonchev–Trinajstić information content (AvgIpc) is 2.71. The summed E-state index contributed by atoms with van der Waals surface area (Å²) in [5, 5.41) is 2.64. The van der Waals surface area contributed by atoms with E-state index in [2.05, 4.69) is 5.32 Å². The number of hydrogen-bond donors (Lipinski definition) is 1. The van der Waals surface area contributed by atoms with Gasteiger partial charge in [0.1, 0.15) is 10.7 Å². The first-order chi connectivity index (χ1) is 13.5. The third-order valence-electron chi connectivity index (χ3n) is 4.15. The monoisotopic (exact) mass is 424 g/mol. The van der Waals surface area contributed by atoms with Crippen LogP contribution in [0.5, 0.6) is 0 Å². The van der Waals surface area contributed by atoms with Crippen molar-refractivity contribution in [1.82, 2.24) is 4.31 Å². The second-order valence-electron chi connectivity index (χ2n) is 6.19. The Balaban J connectivity index is 1.63. The van der Waals surface area contributed by atoms with Crippen molar-refractivity contribution in [2.45, 2.75) is 10.6 Å². The summed E-state index contributed by atoms with van der Waals surface area (Å²) in [6.45, 7) is 0.898. The highest BCUT2D eigenvalue weighted by Gasteiger charge is 2.29. The van der Waals surface area contributed by atoms with Crippen molar-refractivity contribution >= 4 is 33.4 Å². The molecule has 1 heterocycles. The number of ether oxygens (including phenoxy) is 1. The number of nitrogens with one attached hydrogen (secondary N) is 1. The molecule has 0 saturated carbocycles. The molecule has 1 fully saturated rings. The smallest absolute Gasteiger partial charge is 0.246 e. The number of anilines is 1. The van der Waals surface area contributed by atoms with E-state index in [1.54, 1.807) is 0 Å². The van der Waals surface area contributed by atoms with Gasteiger partial charge in [0.05, 0.1) is 19.0 Å². The predicted octanol–water partition coefficient (Wildman–Crippen LogP) is 2.72. The van der Waals surface area contributed by atoms with Crippen LogP contribution in [0.4, 0.5) is 10.1 Å². The van der Waals surface area contributed by atoms with Gasteiger partial charge in [0.2, 0.25) is 15.9 Å². The SMILES string of the molecule is O=C(CSCc1ccccc1)Nc1ccc(F)c(S(=O)(=O)N2CCOCC2)c1. The molecule has 0 bridgehead atoms. The zero-order valence-electron chi connectivity index (χ0n) is 15.1. The molecule has 0 aromatic heterocycles. The number of halogens is 1. The average molecular weight is 425 g/mol. The van der Waals surface area contributed by atoms with Crippen LogP contribution in [0.15, 0.2) is 53.4 Å². The topological polar surface area (TPSA) is 75.7 Å². The molecule has 1 aliphatic heterocycles. The van der Waals surface area contributed by atoms with Crippen LogP contribution < -0.4 is 5.32 Å². The van der Waals surface area contributed by atoms with E-state index in [0.29, 0.717) is 5.75 Å². The highest BCUT2D eigenvalue weighted by atomic mass is 32.2. The van der Waals surface area contributed by atoms with E-state index < -0.39 is 20.7 Å². The van der Waals surface area contributed by atoms with Gasteiger partial charge in [0.15, 0.2) is 0 Å². The summed E-state index contributed by atoms with van der Waals surface area (Å²) in [5.41, 5.74) is 1.36. The number of morpholine rings is 1. The van der Waals surface area contributed by atoms with Crippen molar-refractivity contribution in [2.24, 2.45) is 0 Å². The number of sulfonamides is 1. The number of amides is 1. The van der Waals surface area contributed by atoms with Crippen LogP contribution in [-0.2, 0) is 25.3 Å². The van der Waals surface area contributed by atoms with Crippen LogP contribution >= 0.6 is 11.8 Å². The number of nitrogens with zero attached hydrogens (tertiary/aromatic N) is 1. The predicted molar refractivity (Wildman–Crippen MR) is 107 cm³/mol. The van der Waals surface area contributed by atoms with Gasteiger partial charge in [0.25, 0.3) is 0 Å². The molecule has 0 spiro atoms. The first kappa shape index (κ1) is 20.8. The number of benzene rings is 2. The lowest BCUT2D eigenvalue weighted by Gasteiger charge is -2.26. The molecule has 2 aromatic carbocycles. The van der Waals surface area contributed by atoms with E-state index in [1.165, 1.54) is 28.2 Å². The molecule has 3 rings (SSSR count). The minimum atomic E-state index is -3.98. The van der Waals surface area contributed by atoms with Crippen LogP contribution in [0.1, 0.15) is 5.56 Å².